The second-order valence-electron chi connectivity index (χ2n) is 6.85. The predicted molar refractivity (Wildman–Crippen MR) is 108 cm³/mol. The molecular weight excluding hydrogens is 326 g/mol. The number of nitrogens with two attached hydrogens (primary N) is 1. The minimum absolute atomic E-state index is 0.0492. The first-order valence-corrected chi connectivity index (χ1v) is 9.91. The van der Waals surface area contributed by atoms with Gasteiger partial charge in [0, 0.05) is 30.5 Å². The molecule has 0 aliphatic carbocycles. The van der Waals surface area contributed by atoms with Crippen LogP contribution in [0.3, 0.4) is 0 Å². The molecule has 1 aromatic heterocycles. The summed E-state index contributed by atoms with van der Waals surface area (Å²) >= 11 is 1.75. The number of para-hydroxylation sites is 1. The third kappa shape index (κ3) is 2.90. The number of allylic oxidation sites excluding steroid dienone is 2. The van der Waals surface area contributed by atoms with Gasteiger partial charge in [-0.05, 0) is 60.2 Å². The molecule has 0 spiro atoms. The van der Waals surface area contributed by atoms with Crippen molar-refractivity contribution in [3.8, 4) is 0 Å². The van der Waals surface area contributed by atoms with E-state index in [0.717, 1.165) is 25.9 Å². The van der Waals surface area contributed by atoms with E-state index in [2.05, 4.69) is 64.4 Å². The highest BCUT2D eigenvalue weighted by Gasteiger charge is 2.31. The van der Waals surface area contributed by atoms with Gasteiger partial charge in [-0.15, -0.1) is 0 Å². The van der Waals surface area contributed by atoms with Crippen LogP contribution in [0.25, 0.3) is 0 Å². The Kier molecular flexibility index (Phi) is 4.40. The molecule has 1 fully saturated rings. The highest BCUT2D eigenvalue weighted by Crippen LogP contribution is 2.43. The van der Waals surface area contributed by atoms with E-state index in [1.54, 1.807) is 11.3 Å². The number of hydrogen-bond donors (Lipinski definition) is 1. The van der Waals surface area contributed by atoms with Gasteiger partial charge >= 0.3 is 0 Å². The van der Waals surface area contributed by atoms with E-state index in [1.165, 1.54) is 40.3 Å². The molecular formula is C21H25N3S. The first-order chi connectivity index (χ1) is 12.2. The lowest BCUT2D eigenvalue weighted by Crippen LogP contribution is -2.41. The Hall–Kier alpha value is -2.04. The predicted octanol–water partition coefficient (Wildman–Crippen LogP) is 4.66. The number of thiophene rings is 1. The van der Waals surface area contributed by atoms with Crippen LogP contribution in [0.5, 0.6) is 0 Å². The van der Waals surface area contributed by atoms with E-state index < -0.39 is 0 Å². The molecule has 0 bridgehead atoms. The van der Waals surface area contributed by atoms with Gasteiger partial charge in [0.1, 0.15) is 0 Å². The Morgan fingerprint density at radius 2 is 2.24 bits per heavy atom. The molecule has 3 nitrogen and oxygen atoms in total. The summed E-state index contributed by atoms with van der Waals surface area (Å²) in [7, 11) is 0. The SMILES string of the molecule is C=C1CCCN1c1cccc2c1N(Cc1ccsc1)/C(=C/C)C(N)C2. The van der Waals surface area contributed by atoms with Gasteiger partial charge in [0.25, 0.3) is 0 Å². The van der Waals surface area contributed by atoms with Crippen LogP contribution in [0.2, 0.25) is 0 Å². The molecule has 1 saturated heterocycles. The summed E-state index contributed by atoms with van der Waals surface area (Å²) in [5.74, 6) is 0. The van der Waals surface area contributed by atoms with E-state index in [4.69, 9.17) is 5.73 Å². The van der Waals surface area contributed by atoms with E-state index in [-0.39, 0.29) is 6.04 Å². The van der Waals surface area contributed by atoms with Crippen LogP contribution in [0.1, 0.15) is 30.9 Å². The van der Waals surface area contributed by atoms with Gasteiger partial charge in [0.15, 0.2) is 0 Å². The number of hydrogen-bond acceptors (Lipinski definition) is 4. The zero-order valence-corrected chi connectivity index (χ0v) is 15.6. The lowest BCUT2D eigenvalue weighted by molar-refractivity contribution is 0.677. The average molecular weight is 352 g/mol. The molecule has 3 heterocycles. The second-order valence-corrected chi connectivity index (χ2v) is 7.63. The number of nitrogens with zero attached hydrogens (tertiary/aromatic N) is 2. The Morgan fingerprint density at radius 1 is 1.36 bits per heavy atom. The first-order valence-electron chi connectivity index (χ1n) is 8.96. The van der Waals surface area contributed by atoms with E-state index in [9.17, 15) is 0 Å². The summed E-state index contributed by atoms with van der Waals surface area (Å²) in [4.78, 5) is 4.82. The van der Waals surface area contributed by atoms with Crippen molar-refractivity contribution in [2.24, 2.45) is 5.73 Å². The molecule has 25 heavy (non-hydrogen) atoms. The number of benzene rings is 1. The maximum Gasteiger partial charge on any atom is 0.0686 e. The van der Waals surface area contributed by atoms with Crippen molar-refractivity contribution in [2.45, 2.75) is 38.8 Å². The Morgan fingerprint density at radius 3 is 2.92 bits per heavy atom. The lowest BCUT2D eigenvalue weighted by Gasteiger charge is -2.40. The van der Waals surface area contributed by atoms with Gasteiger partial charge in [0.05, 0.1) is 11.4 Å². The Balaban J connectivity index is 1.84. The van der Waals surface area contributed by atoms with Crippen LogP contribution in [-0.2, 0) is 13.0 Å². The zero-order chi connectivity index (χ0) is 17.4. The molecule has 0 radical (unpaired) electrons. The zero-order valence-electron chi connectivity index (χ0n) is 14.7. The van der Waals surface area contributed by atoms with Crippen molar-refractivity contribution < 1.29 is 0 Å². The van der Waals surface area contributed by atoms with Crippen LogP contribution in [-0.4, -0.2) is 12.6 Å². The van der Waals surface area contributed by atoms with Crippen LogP contribution in [0.15, 0.2) is 59.1 Å². The van der Waals surface area contributed by atoms with Crippen molar-refractivity contribution >= 4 is 22.7 Å². The monoisotopic (exact) mass is 351 g/mol. The third-order valence-corrected chi connectivity index (χ3v) is 5.97. The van der Waals surface area contributed by atoms with Crippen LogP contribution in [0, 0.1) is 0 Å². The summed E-state index contributed by atoms with van der Waals surface area (Å²) in [5.41, 5.74) is 14.2. The average Bonchev–Trinajstić information content (AvgIpc) is 3.26. The first kappa shape index (κ1) is 16.4. The molecule has 4 rings (SSSR count). The van der Waals surface area contributed by atoms with E-state index in [1.807, 2.05) is 0 Å². The van der Waals surface area contributed by atoms with Crippen LogP contribution >= 0.6 is 11.3 Å². The summed E-state index contributed by atoms with van der Waals surface area (Å²) in [5, 5.41) is 4.37. The van der Waals surface area contributed by atoms with Gasteiger partial charge in [-0.25, -0.2) is 0 Å². The van der Waals surface area contributed by atoms with Gasteiger partial charge in [-0.3, -0.25) is 0 Å². The maximum absolute atomic E-state index is 6.52. The molecule has 2 aliphatic rings. The van der Waals surface area contributed by atoms with Crippen molar-refractivity contribution in [2.75, 3.05) is 16.3 Å². The molecule has 2 N–H and O–H groups in total. The summed E-state index contributed by atoms with van der Waals surface area (Å²) < 4.78 is 0. The van der Waals surface area contributed by atoms with E-state index >= 15 is 0 Å². The fourth-order valence-corrected chi connectivity index (χ4v) is 4.73. The van der Waals surface area contributed by atoms with Crippen LogP contribution in [0.4, 0.5) is 11.4 Å². The summed E-state index contributed by atoms with van der Waals surface area (Å²) in [6, 6.07) is 8.88. The molecule has 1 aromatic carbocycles. The summed E-state index contributed by atoms with van der Waals surface area (Å²) in [6.45, 7) is 8.30. The van der Waals surface area contributed by atoms with Gasteiger partial charge in [0.2, 0.25) is 0 Å². The third-order valence-electron chi connectivity index (χ3n) is 5.24. The maximum atomic E-state index is 6.52. The number of rotatable bonds is 3. The molecule has 2 aliphatic heterocycles. The molecule has 4 heteroatoms. The normalized spacial score (nSPS) is 21.9. The van der Waals surface area contributed by atoms with Crippen molar-refractivity contribution in [1.82, 2.24) is 0 Å². The summed E-state index contributed by atoms with van der Waals surface area (Å²) in [6.07, 6.45) is 5.34. The van der Waals surface area contributed by atoms with Crippen molar-refractivity contribution in [1.29, 1.82) is 0 Å². The van der Waals surface area contributed by atoms with Gasteiger partial charge in [-0.1, -0.05) is 24.8 Å². The molecule has 0 amide bonds. The number of fused-ring (bicyclic) bond motifs is 1. The molecule has 130 valence electrons. The fraction of sp³-hybridized carbons (Fsp3) is 0.333. The highest BCUT2D eigenvalue weighted by molar-refractivity contribution is 7.07. The standard InChI is InChI=1S/C21H25N3S/c1-3-19-18(22)12-17-7-4-8-20(23-10-5-6-15(23)2)21(17)24(19)13-16-9-11-25-14-16/h3-4,7-9,11,14,18H,2,5-6,10,12-13,22H2,1H3/b19-3+. The van der Waals surface area contributed by atoms with Gasteiger partial charge in [-0.2, -0.15) is 11.3 Å². The Bertz CT molecular complexity index is 807. The minimum Gasteiger partial charge on any atom is -0.344 e. The number of anilines is 2. The van der Waals surface area contributed by atoms with E-state index in [0.29, 0.717) is 0 Å². The van der Waals surface area contributed by atoms with Crippen molar-refractivity contribution in [3.63, 3.8) is 0 Å². The van der Waals surface area contributed by atoms with Gasteiger partial charge < -0.3 is 15.5 Å². The largest absolute Gasteiger partial charge is 0.344 e. The fourth-order valence-electron chi connectivity index (χ4n) is 4.07. The molecule has 0 saturated carbocycles. The van der Waals surface area contributed by atoms with Crippen molar-refractivity contribution in [3.05, 3.63) is 70.2 Å². The smallest absolute Gasteiger partial charge is 0.0686 e. The highest BCUT2D eigenvalue weighted by atomic mass is 32.1. The molecule has 2 aromatic rings. The minimum atomic E-state index is 0.0492. The lowest BCUT2D eigenvalue weighted by atomic mass is 9.93. The molecule has 1 unspecified atom stereocenters. The molecule has 1 atom stereocenters. The Labute approximate surface area is 154 Å². The second kappa shape index (κ2) is 6.70. The van der Waals surface area contributed by atoms with Crippen LogP contribution < -0.4 is 15.5 Å². The quantitative estimate of drug-likeness (QED) is 0.873. The topological polar surface area (TPSA) is 32.5 Å².